The minimum absolute atomic E-state index is 0.151. The molecule has 1 aromatic carbocycles. The molecule has 1 aliphatic heterocycles. The number of nitrogens with zero attached hydrogens (tertiary/aromatic N) is 4. The van der Waals surface area contributed by atoms with Gasteiger partial charge in [0.25, 0.3) is 5.91 Å². The molecule has 1 fully saturated rings. The number of carbonyl (C=O) groups is 1. The second-order valence-corrected chi connectivity index (χ2v) is 6.98. The van der Waals surface area contributed by atoms with Gasteiger partial charge in [0.2, 0.25) is 5.88 Å². The predicted octanol–water partition coefficient (Wildman–Crippen LogP) is 3.64. The zero-order valence-corrected chi connectivity index (χ0v) is 16.0. The van der Waals surface area contributed by atoms with Crippen LogP contribution in [-0.4, -0.2) is 46.6 Å². The highest BCUT2D eigenvalue weighted by atomic mass is 16.5. The second kappa shape index (κ2) is 7.82. The lowest BCUT2D eigenvalue weighted by molar-refractivity contribution is 0.0988. The molecule has 4 rings (SSSR count). The highest BCUT2D eigenvalue weighted by Crippen LogP contribution is 2.29. The monoisotopic (exact) mass is 377 g/mol. The van der Waals surface area contributed by atoms with Crippen LogP contribution in [0, 0.1) is 0 Å². The van der Waals surface area contributed by atoms with E-state index in [1.165, 1.54) is 0 Å². The van der Waals surface area contributed by atoms with Gasteiger partial charge < -0.3 is 9.64 Å². The lowest BCUT2D eigenvalue weighted by Crippen LogP contribution is -2.26. The van der Waals surface area contributed by atoms with Crippen LogP contribution in [-0.2, 0) is 0 Å². The fraction of sp³-hybridized carbons (Fsp3) is 0.286. The summed E-state index contributed by atoms with van der Waals surface area (Å²) in [7, 11) is 3.84. The molecular weight excluding hydrogens is 354 g/mol. The third-order valence-electron chi connectivity index (χ3n) is 5.09. The van der Waals surface area contributed by atoms with E-state index in [9.17, 15) is 4.79 Å². The average Bonchev–Trinajstić information content (AvgIpc) is 3.37. The summed E-state index contributed by atoms with van der Waals surface area (Å²) in [5.41, 5.74) is 2.18. The number of pyridine rings is 1. The average molecular weight is 377 g/mol. The van der Waals surface area contributed by atoms with E-state index in [2.05, 4.69) is 27.1 Å². The molecule has 0 radical (unpaired) electrons. The summed E-state index contributed by atoms with van der Waals surface area (Å²) in [5, 5.41) is 7.27. The Morgan fingerprint density at radius 1 is 1.25 bits per heavy atom. The van der Waals surface area contributed by atoms with Crippen molar-refractivity contribution in [1.29, 1.82) is 0 Å². The maximum atomic E-state index is 12.8. The van der Waals surface area contributed by atoms with Crippen LogP contribution in [0.4, 0.5) is 5.69 Å². The van der Waals surface area contributed by atoms with E-state index in [-0.39, 0.29) is 5.91 Å². The maximum Gasteiger partial charge on any atom is 0.278 e. The van der Waals surface area contributed by atoms with Crippen molar-refractivity contribution >= 4 is 11.6 Å². The minimum atomic E-state index is -0.151. The van der Waals surface area contributed by atoms with E-state index in [0.717, 1.165) is 30.8 Å². The van der Waals surface area contributed by atoms with E-state index in [1.54, 1.807) is 24.2 Å². The molecule has 1 amide bonds. The second-order valence-electron chi connectivity index (χ2n) is 6.98. The Morgan fingerprint density at radius 3 is 2.75 bits per heavy atom. The number of hydrogen-bond donors (Lipinski definition) is 1. The van der Waals surface area contributed by atoms with Crippen LogP contribution >= 0.6 is 0 Å². The highest BCUT2D eigenvalue weighted by Gasteiger charge is 2.26. The summed E-state index contributed by atoms with van der Waals surface area (Å²) < 4.78 is 5.69. The molecule has 0 bridgehead atoms. The number of likely N-dealkylation sites (tertiary alicyclic amines) is 1. The third-order valence-corrected chi connectivity index (χ3v) is 5.09. The van der Waals surface area contributed by atoms with Crippen LogP contribution in [0.5, 0.6) is 11.6 Å². The normalized spacial score (nSPS) is 16.9. The van der Waals surface area contributed by atoms with Gasteiger partial charge in [-0.15, -0.1) is 0 Å². The standard InChI is InChI=1S/C21H23N5O2/c1-25-13-5-6-19(25)17-14-18(24-23-17)21(27)26(2)15-8-10-16(11-9-15)28-20-7-3-4-12-22-20/h3-4,7-12,14,19H,5-6,13H2,1-2H3,(H,23,24). The highest BCUT2D eigenvalue weighted by molar-refractivity contribution is 6.04. The van der Waals surface area contributed by atoms with Gasteiger partial charge in [-0.05, 0) is 62.8 Å². The van der Waals surface area contributed by atoms with E-state index in [1.807, 2.05) is 42.5 Å². The lowest BCUT2D eigenvalue weighted by atomic mass is 10.1. The van der Waals surface area contributed by atoms with Crippen LogP contribution in [0.25, 0.3) is 0 Å². The topological polar surface area (TPSA) is 74.4 Å². The smallest absolute Gasteiger partial charge is 0.278 e. The van der Waals surface area contributed by atoms with E-state index >= 15 is 0 Å². The maximum absolute atomic E-state index is 12.8. The molecule has 7 nitrogen and oxygen atoms in total. The molecule has 2 aromatic heterocycles. The number of anilines is 1. The van der Waals surface area contributed by atoms with Crippen molar-refractivity contribution in [3.05, 3.63) is 66.1 Å². The van der Waals surface area contributed by atoms with Gasteiger partial charge in [0.15, 0.2) is 5.69 Å². The molecule has 7 heteroatoms. The minimum Gasteiger partial charge on any atom is -0.439 e. The van der Waals surface area contributed by atoms with Crippen molar-refractivity contribution in [1.82, 2.24) is 20.1 Å². The van der Waals surface area contributed by atoms with E-state index < -0.39 is 0 Å². The number of nitrogens with one attached hydrogen (secondary N) is 1. The number of ether oxygens (including phenoxy) is 1. The number of rotatable bonds is 5. The van der Waals surface area contributed by atoms with Gasteiger partial charge >= 0.3 is 0 Å². The fourth-order valence-corrected chi connectivity index (χ4v) is 3.48. The van der Waals surface area contributed by atoms with Gasteiger partial charge in [0.1, 0.15) is 5.75 Å². The Hall–Kier alpha value is -3.19. The molecule has 1 saturated heterocycles. The molecule has 1 unspecified atom stereocenters. The Kier molecular flexibility index (Phi) is 5.08. The van der Waals surface area contributed by atoms with Crippen molar-refractivity contribution in [2.45, 2.75) is 18.9 Å². The summed E-state index contributed by atoms with van der Waals surface area (Å²) in [6.07, 6.45) is 3.92. The number of hydrogen-bond acceptors (Lipinski definition) is 5. The fourth-order valence-electron chi connectivity index (χ4n) is 3.48. The van der Waals surface area contributed by atoms with Gasteiger partial charge in [-0.3, -0.25) is 14.8 Å². The van der Waals surface area contributed by atoms with Crippen molar-refractivity contribution < 1.29 is 9.53 Å². The van der Waals surface area contributed by atoms with Gasteiger partial charge in [-0.1, -0.05) is 6.07 Å². The first-order valence-corrected chi connectivity index (χ1v) is 9.34. The van der Waals surface area contributed by atoms with Crippen LogP contribution in [0.1, 0.15) is 35.1 Å². The predicted molar refractivity (Wildman–Crippen MR) is 107 cm³/mol. The largest absolute Gasteiger partial charge is 0.439 e. The molecule has 1 atom stereocenters. The Bertz CT molecular complexity index is 939. The van der Waals surface area contributed by atoms with Crippen LogP contribution in [0.15, 0.2) is 54.7 Å². The zero-order valence-electron chi connectivity index (χ0n) is 16.0. The van der Waals surface area contributed by atoms with Crippen molar-refractivity contribution in [3.63, 3.8) is 0 Å². The number of amides is 1. The van der Waals surface area contributed by atoms with Crippen LogP contribution < -0.4 is 9.64 Å². The van der Waals surface area contributed by atoms with Crippen molar-refractivity contribution in [2.75, 3.05) is 25.5 Å². The quantitative estimate of drug-likeness (QED) is 0.735. The summed E-state index contributed by atoms with van der Waals surface area (Å²) in [6.45, 7) is 1.07. The summed E-state index contributed by atoms with van der Waals surface area (Å²) in [4.78, 5) is 20.8. The van der Waals surface area contributed by atoms with E-state index in [4.69, 9.17) is 4.74 Å². The molecule has 144 valence electrons. The SMILES string of the molecule is CN(C(=O)c1cc(C2CCCN2C)[nH]n1)c1ccc(Oc2ccccn2)cc1. The first kappa shape index (κ1) is 18.2. The number of carbonyl (C=O) groups excluding carboxylic acids is 1. The molecule has 1 aliphatic rings. The summed E-state index contributed by atoms with van der Waals surface area (Å²) in [5.74, 6) is 1.04. The molecule has 0 spiro atoms. The zero-order chi connectivity index (χ0) is 19.5. The van der Waals surface area contributed by atoms with Crippen molar-refractivity contribution in [3.8, 4) is 11.6 Å². The molecule has 0 aliphatic carbocycles. The summed E-state index contributed by atoms with van der Waals surface area (Å²) in [6, 6.07) is 15.0. The number of H-pyrrole nitrogens is 1. The summed E-state index contributed by atoms with van der Waals surface area (Å²) >= 11 is 0. The van der Waals surface area contributed by atoms with Crippen LogP contribution in [0.3, 0.4) is 0 Å². The van der Waals surface area contributed by atoms with Gasteiger partial charge in [-0.2, -0.15) is 5.10 Å². The molecule has 3 aromatic rings. The molecule has 28 heavy (non-hydrogen) atoms. The van der Waals surface area contributed by atoms with E-state index in [0.29, 0.717) is 23.4 Å². The van der Waals surface area contributed by atoms with Gasteiger partial charge in [0.05, 0.1) is 11.7 Å². The number of aromatic amines is 1. The molecule has 3 heterocycles. The van der Waals surface area contributed by atoms with Gasteiger partial charge in [-0.25, -0.2) is 4.98 Å². The Balaban J connectivity index is 1.44. The molecule has 0 saturated carbocycles. The molecule has 1 N–H and O–H groups in total. The van der Waals surface area contributed by atoms with Gasteiger partial charge in [0, 0.05) is 25.0 Å². The lowest BCUT2D eigenvalue weighted by Gasteiger charge is -2.17. The van der Waals surface area contributed by atoms with Crippen molar-refractivity contribution in [2.24, 2.45) is 0 Å². The molecular formula is C21H23N5O2. The van der Waals surface area contributed by atoms with Crippen LogP contribution in [0.2, 0.25) is 0 Å². The Morgan fingerprint density at radius 2 is 2.07 bits per heavy atom. The third kappa shape index (κ3) is 3.75. The number of aromatic nitrogens is 3. The Labute approximate surface area is 164 Å². The first-order chi connectivity index (χ1) is 13.6. The number of benzene rings is 1. The first-order valence-electron chi connectivity index (χ1n) is 9.34.